The van der Waals surface area contributed by atoms with Gasteiger partial charge in [0.2, 0.25) is 0 Å². The zero-order valence-electron chi connectivity index (χ0n) is 6.99. The molecule has 3 nitrogen and oxygen atoms in total. The van der Waals surface area contributed by atoms with Crippen LogP contribution in [0.15, 0.2) is 29.3 Å². The molecule has 0 N–H and O–H groups in total. The van der Waals surface area contributed by atoms with Crippen LogP contribution in [0.5, 0.6) is 0 Å². The molecule has 2 aromatic rings. The number of rotatable bonds is 0. The Morgan fingerprint density at radius 2 is 2.23 bits per heavy atom. The van der Waals surface area contributed by atoms with E-state index < -0.39 is 0 Å². The largest absolute Gasteiger partial charge is 0.269 e. The number of hydrogen-bond acceptors (Lipinski definition) is 2. The van der Waals surface area contributed by atoms with Crippen LogP contribution >= 0.6 is 22.6 Å². The highest BCUT2D eigenvalue weighted by Gasteiger charge is 1.99. The Bertz CT molecular complexity index is 513. The van der Waals surface area contributed by atoms with Gasteiger partial charge in [-0.15, -0.1) is 0 Å². The van der Waals surface area contributed by atoms with Crippen molar-refractivity contribution in [3.8, 4) is 0 Å². The molecule has 0 aromatic carbocycles. The number of halogens is 1. The second-order valence-corrected chi connectivity index (χ2v) is 4.07. The van der Waals surface area contributed by atoms with Gasteiger partial charge in [0, 0.05) is 21.5 Å². The summed E-state index contributed by atoms with van der Waals surface area (Å²) in [4.78, 5) is 15.7. The number of nitrogens with zero attached hydrogens (tertiary/aromatic N) is 2. The first-order valence-corrected chi connectivity index (χ1v) is 4.90. The summed E-state index contributed by atoms with van der Waals surface area (Å²) in [6, 6.07) is 3.76. The maximum Gasteiger partial charge on any atom is 0.260 e. The Kier molecular flexibility index (Phi) is 2.07. The van der Waals surface area contributed by atoms with E-state index in [0.717, 1.165) is 3.57 Å². The molecular formula is C9H7IN2O. The summed E-state index contributed by atoms with van der Waals surface area (Å²) < 4.78 is 2.59. The lowest BCUT2D eigenvalue weighted by atomic mass is 10.3. The van der Waals surface area contributed by atoms with E-state index >= 15 is 0 Å². The average molecular weight is 286 g/mol. The third-order valence-corrected chi connectivity index (χ3v) is 2.48. The monoisotopic (exact) mass is 286 g/mol. The summed E-state index contributed by atoms with van der Waals surface area (Å²) in [7, 11) is 0. The van der Waals surface area contributed by atoms with E-state index in [1.807, 2.05) is 12.1 Å². The number of pyridine rings is 1. The van der Waals surface area contributed by atoms with Crippen LogP contribution in [0.2, 0.25) is 0 Å². The predicted molar refractivity (Wildman–Crippen MR) is 58.9 cm³/mol. The van der Waals surface area contributed by atoms with Crippen LogP contribution in [0.1, 0.15) is 5.56 Å². The molecule has 0 bridgehead atoms. The van der Waals surface area contributed by atoms with Crippen molar-refractivity contribution in [2.45, 2.75) is 6.92 Å². The standard InChI is InChI=1S/C9H7IN2O/c1-6-4-11-8-3-2-7(10)5-12(8)9(6)13/h2-5H,1H3. The third kappa shape index (κ3) is 1.46. The molecule has 0 aliphatic rings. The van der Waals surface area contributed by atoms with Crippen molar-refractivity contribution in [3.05, 3.63) is 44.0 Å². The topological polar surface area (TPSA) is 34.4 Å². The fourth-order valence-electron chi connectivity index (χ4n) is 1.14. The van der Waals surface area contributed by atoms with Crippen molar-refractivity contribution >= 4 is 28.2 Å². The van der Waals surface area contributed by atoms with Gasteiger partial charge in [-0.05, 0) is 41.6 Å². The van der Waals surface area contributed by atoms with E-state index in [2.05, 4.69) is 27.6 Å². The summed E-state index contributed by atoms with van der Waals surface area (Å²) in [5, 5.41) is 0. The maximum absolute atomic E-state index is 11.6. The third-order valence-electron chi connectivity index (χ3n) is 1.84. The summed E-state index contributed by atoms with van der Waals surface area (Å²) in [6.45, 7) is 1.77. The fraction of sp³-hybridized carbons (Fsp3) is 0.111. The molecule has 0 aliphatic carbocycles. The van der Waals surface area contributed by atoms with Gasteiger partial charge in [0.05, 0.1) is 0 Å². The molecule has 0 amide bonds. The summed E-state index contributed by atoms with van der Waals surface area (Å²) >= 11 is 2.17. The van der Waals surface area contributed by atoms with Gasteiger partial charge < -0.3 is 0 Å². The minimum absolute atomic E-state index is 0.00326. The smallest absolute Gasteiger partial charge is 0.260 e. The predicted octanol–water partition coefficient (Wildman–Crippen LogP) is 1.61. The number of aromatic nitrogens is 2. The second-order valence-electron chi connectivity index (χ2n) is 2.82. The molecular weight excluding hydrogens is 279 g/mol. The van der Waals surface area contributed by atoms with Gasteiger partial charge in [-0.25, -0.2) is 4.98 Å². The minimum Gasteiger partial charge on any atom is -0.269 e. The van der Waals surface area contributed by atoms with E-state index in [-0.39, 0.29) is 5.56 Å². The van der Waals surface area contributed by atoms with Crippen LogP contribution in [0.4, 0.5) is 0 Å². The average Bonchev–Trinajstić information content (AvgIpc) is 2.12. The molecule has 2 rings (SSSR count). The molecule has 0 atom stereocenters. The molecule has 13 heavy (non-hydrogen) atoms. The highest BCUT2D eigenvalue weighted by atomic mass is 127. The molecule has 66 valence electrons. The van der Waals surface area contributed by atoms with Crippen molar-refractivity contribution in [3.63, 3.8) is 0 Å². The molecule has 0 unspecified atom stereocenters. The maximum atomic E-state index is 11.6. The molecule has 0 spiro atoms. The number of aryl methyl sites for hydroxylation is 1. The number of hydrogen-bond donors (Lipinski definition) is 0. The lowest BCUT2D eigenvalue weighted by Crippen LogP contribution is -2.16. The highest BCUT2D eigenvalue weighted by Crippen LogP contribution is 2.04. The molecule has 4 heteroatoms. The van der Waals surface area contributed by atoms with Crippen LogP contribution in [-0.4, -0.2) is 9.38 Å². The second kappa shape index (κ2) is 3.10. The van der Waals surface area contributed by atoms with E-state index in [1.165, 1.54) is 0 Å². The van der Waals surface area contributed by atoms with Crippen LogP contribution < -0.4 is 5.56 Å². The lowest BCUT2D eigenvalue weighted by Gasteiger charge is -2.00. The molecule has 0 fully saturated rings. The van der Waals surface area contributed by atoms with E-state index in [0.29, 0.717) is 11.2 Å². The SMILES string of the molecule is Cc1cnc2ccc(I)cn2c1=O. The Labute approximate surface area is 88.6 Å². The summed E-state index contributed by atoms with van der Waals surface area (Å²) in [5.74, 6) is 0. The minimum atomic E-state index is 0.00326. The molecule has 2 aromatic heterocycles. The van der Waals surface area contributed by atoms with Crippen molar-refractivity contribution in [2.75, 3.05) is 0 Å². The lowest BCUT2D eigenvalue weighted by molar-refractivity contribution is 1.01. The Hall–Kier alpha value is -0.910. The summed E-state index contributed by atoms with van der Waals surface area (Å²) in [6.07, 6.45) is 3.39. The first-order valence-electron chi connectivity index (χ1n) is 3.82. The zero-order valence-corrected chi connectivity index (χ0v) is 9.15. The van der Waals surface area contributed by atoms with E-state index in [9.17, 15) is 4.79 Å². The molecule has 0 radical (unpaired) electrons. The quantitative estimate of drug-likeness (QED) is 0.689. The summed E-state index contributed by atoms with van der Waals surface area (Å²) in [5.41, 5.74) is 1.36. The Morgan fingerprint density at radius 3 is 3.00 bits per heavy atom. The van der Waals surface area contributed by atoms with Gasteiger partial charge in [0.25, 0.3) is 5.56 Å². The van der Waals surface area contributed by atoms with Crippen molar-refractivity contribution < 1.29 is 0 Å². The molecule has 2 heterocycles. The normalized spacial score (nSPS) is 10.6. The molecule has 0 saturated carbocycles. The van der Waals surface area contributed by atoms with Gasteiger partial charge in [-0.3, -0.25) is 9.20 Å². The van der Waals surface area contributed by atoms with E-state index in [4.69, 9.17) is 0 Å². The van der Waals surface area contributed by atoms with Gasteiger partial charge in [-0.2, -0.15) is 0 Å². The van der Waals surface area contributed by atoms with E-state index in [1.54, 1.807) is 23.7 Å². The molecule has 0 aliphatic heterocycles. The Balaban J connectivity index is 2.97. The van der Waals surface area contributed by atoms with Gasteiger partial charge >= 0.3 is 0 Å². The van der Waals surface area contributed by atoms with Gasteiger partial charge in [0.1, 0.15) is 5.65 Å². The fourth-order valence-corrected chi connectivity index (χ4v) is 1.60. The van der Waals surface area contributed by atoms with Crippen LogP contribution in [-0.2, 0) is 0 Å². The van der Waals surface area contributed by atoms with Crippen LogP contribution in [0.25, 0.3) is 5.65 Å². The van der Waals surface area contributed by atoms with Crippen molar-refractivity contribution in [2.24, 2.45) is 0 Å². The van der Waals surface area contributed by atoms with Crippen LogP contribution in [0, 0.1) is 10.5 Å². The van der Waals surface area contributed by atoms with Crippen LogP contribution in [0.3, 0.4) is 0 Å². The zero-order chi connectivity index (χ0) is 9.42. The Morgan fingerprint density at radius 1 is 1.46 bits per heavy atom. The van der Waals surface area contributed by atoms with Gasteiger partial charge in [-0.1, -0.05) is 0 Å². The number of fused-ring (bicyclic) bond motifs is 1. The van der Waals surface area contributed by atoms with Gasteiger partial charge in [0.15, 0.2) is 0 Å². The van der Waals surface area contributed by atoms with Crippen molar-refractivity contribution in [1.29, 1.82) is 0 Å². The van der Waals surface area contributed by atoms with Crippen molar-refractivity contribution in [1.82, 2.24) is 9.38 Å². The first kappa shape index (κ1) is 8.68. The molecule has 0 saturated heterocycles. The highest BCUT2D eigenvalue weighted by molar-refractivity contribution is 14.1. The first-order chi connectivity index (χ1) is 6.18.